The number of thiazole rings is 1. The Bertz CT molecular complexity index is 408. The second-order valence-corrected chi connectivity index (χ2v) is 7.30. The third-order valence-corrected chi connectivity index (χ3v) is 5.51. The lowest BCUT2D eigenvalue weighted by Crippen LogP contribution is -2.60. The number of nitrogens with zero attached hydrogens (tertiary/aromatic N) is 2. The largest absolute Gasteiger partial charge is 0.297 e. The van der Waals surface area contributed by atoms with Gasteiger partial charge in [-0.1, -0.05) is 12.8 Å². The SMILES string of the molecule is Cc1csc(CC(NN)C(C)(C)N2CCCCCC2)n1. The van der Waals surface area contributed by atoms with Crippen LogP contribution in [0.5, 0.6) is 0 Å². The number of hydrogen-bond donors (Lipinski definition) is 2. The van der Waals surface area contributed by atoms with Crippen molar-refractivity contribution in [1.29, 1.82) is 0 Å². The summed E-state index contributed by atoms with van der Waals surface area (Å²) in [5.74, 6) is 5.86. The van der Waals surface area contributed by atoms with Crippen LogP contribution in [0.4, 0.5) is 0 Å². The van der Waals surface area contributed by atoms with Crippen LogP contribution in [0.1, 0.15) is 50.2 Å². The van der Waals surface area contributed by atoms with Gasteiger partial charge in [-0.3, -0.25) is 16.2 Å². The predicted octanol–water partition coefficient (Wildman–Crippen LogP) is 2.48. The number of hydrogen-bond acceptors (Lipinski definition) is 5. The van der Waals surface area contributed by atoms with Crippen molar-refractivity contribution >= 4 is 11.3 Å². The molecule has 1 aromatic heterocycles. The average Bonchev–Trinajstić information content (AvgIpc) is 2.68. The van der Waals surface area contributed by atoms with Gasteiger partial charge in [0.1, 0.15) is 0 Å². The van der Waals surface area contributed by atoms with Crippen molar-refractivity contribution in [2.45, 2.75) is 64.5 Å². The summed E-state index contributed by atoms with van der Waals surface area (Å²) in [6.45, 7) is 9.03. The predicted molar refractivity (Wildman–Crippen MR) is 85.8 cm³/mol. The van der Waals surface area contributed by atoms with Gasteiger partial charge in [0, 0.05) is 29.1 Å². The molecular weight excluding hydrogens is 268 g/mol. The lowest BCUT2D eigenvalue weighted by Gasteiger charge is -2.43. The van der Waals surface area contributed by atoms with Crippen molar-refractivity contribution in [3.63, 3.8) is 0 Å². The molecule has 1 aliphatic heterocycles. The molecule has 1 aliphatic rings. The van der Waals surface area contributed by atoms with Gasteiger partial charge in [0.25, 0.3) is 0 Å². The maximum absolute atomic E-state index is 5.86. The summed E-state index contributed by atoms with van der Waals surface area (Å²) >= 11 is 1.73. The second kappa shape index (κ2) is 6.98. The van der Waals surface area contributed by atoms with Crippen LogP contribution < -0.4 is 11.3 Å². The van der Waals surface area contributed by atoms with E-state index >= 15 is 0 Å². The van der Waals surface area contributed by atoms with Gasteiger partial charge in [0.2, 0.25) is 0 Å². The standard InChI is InChI=1S/C15H28N4S/c1-12-11-20-14(17-12)10-13(18-16)15(2,3)19-8-6-4-5-7-9-19/h11,13,18H,4-10,16H2,1-3H3. The van der Waals surface area contributed by atoms with E-state index in [1.807, 2.05) is 6.92 Å². The molecule has 20 heavy (non-hydrogen) atoms. The van der Waals surface area contributed by atoms with E-state index in [0.29, 0.717) is 0 Å². The number of aryl methyl sites for hydroxylation is 1. The van der Waals surface area contributed by atoms with E-state index in [1.165, 1.54) is 43.8 Å². The van der Waals surface area contributed by atoms with E-state index in [0.717, 1.165) is 12.1 Å². The van der Waals surface area contributed by atoms with Crippen molar-refractivity contribution in [3.05, 3.63) is 16.1 Å². The van der Waals surface area contributed by atoms with Crippen molar-refractivity contribution in [1.82, 2.24) is 15.3 Å². The fraction of sp³-hybridized carbons (Fsp3) is 0.800. The Morgan fingerprint density at radius 3 is 2.50 bits per heavy atom. The molecule has 0 radical (unpaired) electrons. The molecule has 3 N–H and O–H groups in total. The average molecular weight is 296 g/mol. The molecule has 1 saturated heterocycles. The Morgan fingerprint density at radius 2 is 2.00 bits per heavy atom. The van der Waals surface area contributed by atoms with Gasteiger partial charge in [0.05, 0.1) is 5.01 Å². The third-order valence-electron chi connectivity index (χ3n) is 4.52. The Hall–Kier alpha value is -0.490. The maximum atomic E-state index is 5.86. The summed E-state index contributed by atoms with van der Waals surface area (Å²) in [5, 5.41) is 3.29. The number of hydrazine groups is 1. The molecule has 0 aromatic carbocycles. The van der Waals surface area contributed by atoms with Gasteiger partial charge >= 0.3 is 0 Å². The van der Waals surface area contributed by atoms with Crippen LogP contribution in [0.2, 0.25) is 0 Å². The van der Waals surface area contributed by atoms with Gasteiger partial charge in [0.15, 0.2) is 0 Å². The monoisotopic (exact) mass is 296 g/mol. The molecule has 2 rings (SSSR count). The fourth-order valence-corrected chi connectivity index (χ4v) is 3.87. The molecule has 1 atom stereocenters. The first-order valence-corrected chi connectivity index (χ1v) is 8.54. The zero-order chi connectivity index (χ0) is 14.6. The molecule has 114 valence electrons. The third kappa shape index (κ3) is 3.79. The van der Waals surface area contributed by atoms with Gasteiger partial charge in [-0.15, -0.1) is 11.3 Å². The Morgan fingerprint density at radius 1 is 1.35 bits per heavy atom. The quantitative estimate of drug-likeness (QED) is 0.647. The van der Waals surface area contributed by atoms with Crippen LogP contribution in [0, 0.1) is 6.92 Å². The molecule has 0 amide bonds. The van der Waals surface area contributed by atoms with Crippen LogP contribution >= 0.6 is 11.3 Å². The normalized spacial score (nSPS) is 19.8. The summed E-state index contributed by atoms with van der Waals surface area (Å²) in [6, 6.07) is 0.228. The maximum Gasteiger partial charge on any atom is 0.0944 e. The number of rotatable bonds is 5. The fourth-order valence-electron chi connectivity index (χ4n) is 3.05. The highest BCUT2D eigenvalue weighted by atomic mass is 32.1. The van der Waals surface area contributed by atoms with Crippen molar-refractivity contribution in [3.8, 4) is 0 Å². The lowest BCUT2D eigenvalue weighted by atomic mass is 9.90. The summed E-state index contributed by atoms with van der Waals surface area (Å²) < 4.78 is 0. The van der Waals surface area contributed by atoms with Crippen molar-refractivity contribution < 1.29 is 0 Å². The smallest absolute Gasteiger partial charge is 0.0944 e. The highest BCUT2D eigenvalue weighted by Gasteiger charge is 2.35. The number of likely N-dealkylation sites (tertiary alicyclic amines) is 1. The van der Waals surface area contributed by atoms with E-state index in [4.69, 9.17) is 5.84 Å². The van der Waals surface area contributed by atoms with E-state index in [-0.39, 0.29) is 11.6 Å². The molecule has 1 fully saturated rings. The first-order chi connectivity index (χ1) is 9.54. The molecule has 0 spiro atoms. The Kier molecular flexibility index (Phi) is 5.55. The van der Waals surface area contributed by atoms with Gasteiger partial charge in [-0.25, -0.2) is 4.98 Å². The van der Waals surface area contributed by atoms with E-state index in [9.17, 15) is 0 Å². The summed E-state index contributed by atoms with van der Waals surface area (Å²) in [6.07, 6.45) is 6.23. The minimum atomic E-state index is 0.0542. The molecule has 1 aromatic rings. The summed E-state index contributed by atoms with van der Waals surface area (Å²) in [4.78, 5) is 7.18. The van der Waals surface area contributed by atoms with Crippen LogP contribution in [0.25, 0.3) is 0 Å². The zero-order valence-electron chi connectivity index (χ0n) is 13.0. The van der Waals surface area contributed by atoms with E-state index in [1.54, 1.807) is 11.3 Å². The van der Waals surface area contributed by atoms with Crippen LogP contribution in [-0.2, 0) is 6.42 Å². The van der Waals surface area contributed by atoms with Crippen LogP contribution in [-0.4, -0.2) is 34.6 Å². The molecule has 0 saturated carbocycles. The minimum Gasteiger partial charge on any atom is -0.297 e. The molecular formula is C15H28N4S. The number of nitrogens with one attached hydrogen (secondary N) is 1. The Labute approximate surface area is 126 Å². The Balaban J connectivity index is 2.07. The first kappa shape index (κ1) is 15.9. The van der Waals surface area contributed by atoms with E-state index < -0.39 is 0 Å². The molecule has 0 bridgehead atoms. The molecule has 0 aliphatic carbocycles. The van der Waals surface area contributed by atoms with Gasteiger partial charge in [-0.05, 0) is 46.7 Å². The minimum absolute atomic E-state index is 0.0542. The lowest BCUT2D eigenvalue weighted by molar-refractivity contribution is 0.0834. The highest BCUT2D eigenvalue weighted by molar-refractivity contribution is 7.09. The van der Waals surface area contributed by atoms with Gasteiger partial charge in [-0.2, -0.15) is 0 Å². The summed E-state index contributed by atoms with van der Waals surface area (Å²) in [5.41, 5.74) is 4.20. The second-order valence-electron chi connectivity index (χ2n) is 6.36. The van der Waals surface area contributed by atoms with Crippen LogP contribution in [0.3, 0.4) is 0 Å². The molecule has 4 nitrogen and oxygen atoms in total. The summed E-state index contributed by atoms with van der Waals surface area (Å²) in [7, 11) is 0. The number of nitrogens with two attached hydrogens (primary N) is 1. The van der Waals surface area contributed by atoms with E-state index in [2.05, 4.69) is 34.5 Å². The highest BCUT2D eigenvalue weighted by Crippen LogP contribution is 2.26. The molecule has 1 unspecified atom stereocenters. The van der Waals surface area contributed by atoms with Crippen molar-refractivity contribution in [2.75, 3.05) is 13.1 Å². The first-order valence-electron chi connectivity index (χ1n) is 7.66. The molecule has 5 heteroatoms. The van der Waals surface area contributed by atoms with Crippen molar-refractivity contribution in [2.24, 2.45) is 5.84 Å². The van der Waals surface area contributed by atoms with Gasteiger partial charge < -0.3 is 0 Å². The van der Waals surface area contributed by atoms with Crippen LogP contribution in [0.15, 0.2) is 5.38 Å². The molecule has 2 heterocycles. The topological polar surface area (TPSA) is 54.2 Å². The number of aromatic nitrogens is 1. The zero-order valence-corrected chi connectivity index (χ0v) is 13.8.